The Morgan fingerprint density at radius 2 is 1.86 bits per heavy atom. The highest BCUT2D eigenvalue weighted by Gasteiger charge is 2.28. The molecule has 0 unspecified atom stereocenters. The smallest absolute Gasteiger partial charge is 0.194 e. The second kappa shape index (κ2) is 6.64. The van der Waals surface area contributed by atoms with Gasteiger partial charge in [0.1, 0.15) is 5.52 Å². The number of likely N-dealkylation sites (tertiary alicyclic amines) is 1. The predicted octanol–water partition coefficient (Wildman–Crippen LogP) is 5.07. The lowest BCUT2D eigenvalue weighted by Gasteiger charge is -2.40. The molecule has 1 saturated heterocycles. The molecule has 7 heteroatoms. The van der Waals surface area contributed by atoms with Crippen LogP contribution in [0, 0.1) is 5.82 Å². The van der Waals surface area contributed by atoms with Gasteiger partial charge in [0.05, 0.1) is 10.6 Å². The first-order valence-electron chi connectivity index (χ1n) is 10.1. The van der Waals surface area contributed by atoms with E-state index in [1.165, 1.54) is 5.69 Å². The van der Waals surface area contributed by atoms with Gasteiger partial charge < -0.3 is 0 Å². The maximum atomic E-state index is 14.5. The maximum Gasteiger partial charge on any atom is 0.194 e. The Morgan fingerprint density at radius 3 is 2.55 bits per heavy atom. The van der Waals surface area contributed by atoms with Crippen LogP contribution in [0.1, 0.15) is 45.2 Å². The number of piperidine rings is 1. The number of aryl methyl sites for hydroxylation is 1. The second-order valence-electron chi connectivity index (χ2n) is 9.08. The quantitative estimate of drug-likeness (QED) is 0.462. The fourth-order valence-corrected chi connectivity index (χ4v) is 5.30. The van der Waals surface area contributed by atoms with E-state index in [1.807, 2.05) is 19.3 Å². The predicted molar refractivity (Wildman–Crippen MR) is 116 cm³/mol. The van der Waals surface area contributed by atoms with E-state index >= 15 is 0 Å². The van der Waals surface area contributed by atoms with E-state index in [9.17, 15) is 4.39 Å². The van der Waals surface area contributed by atoms with Gasteiger partial charge >= 0.3 is 0 Å². The van der Waals surface area contributed by atoms with Crippen LogP contribution in [0.25, 0.3) is 26.3 Å². The van der Waals surface area contributed by atoms with Crippen molar-refractivity contribution in [1.29, 1.82) is 0 Å². The number of benzene rings is 1. The fourth-order valence-electron chi connectivity index (χ4n) is 4.34. The summed E-state index contributed by atoms with van der Waals surface area (Å²) in [6.45, 7) is 9.09. The standard InChI is InChI=1S/C22H26FN5S/c1-22(2,3)28-7-5-14(6-8-28)18-12-27-13-19(29-21(27)24-18)15-9-16-11-26(4)25-20(16)17(23)10-15/h9-14H,5-8H2,1-4H3. The molecule has 0 atom stereocenters. The van der Waals surface area contributed by atoms with E-state index in [0.29, 0.717) is 11.4 Å². The van der Waals surface area contributed by atoms with Crippen molar-refractivity contribution in [2.75, 3.05) is 13.1 Å². The molecule has 1 fully saturated rings. The summed E-state index contributed by atoms with van der Waals surface area (Å²) < 4.78 is 18.2. The normalized spacial score (nSPS) is 17.0. The lowest BCUT2D eigenvalue weighted by Crippen LogP contribution is -2.45. The topological polar surface area (TPSA) is 38.4 Å². The summed E-state index contributed by atoms with van der Waals surface area (Å²) >= 11 is 1.61. The summed E-state index contributed by atoms with van der Waals surface area (Å²) in [5, 5.41) is 5.01. The van der Waals surface area contributed by atoms with Gasteiger partial charge in [-0.25, -0.2) is 9.37 Å². The largest absolute Gasteiger partial charge is 0.298 e. The molecule has 0 aliphatic carbocycles. The van der Waals surface area contributed by atoms with Crippen molar-refractivity contribution < 1.29 is 4.39 Å². The van der Waals surface area contributed by atoms with Gasteiger partial charge in [0.2, 0.25) is 0 Å². The minimum absolute atomic E-state index is 0.235. The van der Waals surface area contributed by atoms with Crippen LogP contribution in [0.2, 0.25) is 0 Å². The molecule has 5 nitrogen and oxygen atoms in total. The Bertz CT molecular complexity index is 1160. The van der Waals surface area contributed by atoms with Crippen molar-refractivity contribution in [1.82, 2.24) is 24.1 Å². The summed E-state index contributed by atoms with van der Waals surface area (Å²) in [5.74, 6) is 0.240. The molecule has 152 valence electrons. The van der Waals surface area contributed by atoms with E-state index in [2.05, 4.69) is 47.6 Å². The molecule has 0 bridgehead atoms. The minimum atomic E-state index is -0.282. The van der Waals surface area contributed by atoms with Gasteiger partial charge in [0, 0.05) is 42.5 Å². The molecule has 0 amide bonds. The Morgan fingerprint density at radius 1 is 1.10 bits per heavy atom. The van der Waals surface area contributed by atoms with Gasteiger partial charge in [-0.1, -0.05) is 11.3 Å². The van der Waals surface area contributed by atoms with Crippen molar-refractivity contribution in [2.24, 2.45) is 7.05 Å². The molecule has 29 heavy (non-hydrogen) atoms. The third-order valence-corrected chi connectivity index (χ3v) is 7.04. The zero-order chi connectivity index (χ0) is 20.3. The third kappa shape index (κ3) is 3.36. The lowest BCUT2D eigenvalue weighted by molar-refractivity contribution is 0.102. The SMILES string of the molecule is Cn1cc2cc(-c3cn4cc(C5CCN(C(C)(C)C)CC5)nc4s3)cc(F)c2n1. The molecule has 4 heterocycles. The van der Waals surface area contributed by atoms with Crippen molar-refractivity contribution >= 4 is 27.2 Å². The van der Waals surface area contributed by atoms with E-state index in [4.69, 9.17) is 4.98 Å². The molecule has 1 aliphatic rings. The summed E-state index contributed by atoms with van der Waals surface area (Å²) in [5.41, 5.74) is 2.71. The molecule has 5 rings (SSSR count). The number of hydrogen-bond acceptors (Lipinski definition) is 4. The molecular weight excluding hydrogens is 385 g/mol. The van der Waals surface area contributed by atoms with Crippen molar-refractivity contribution in [3.8, 4) is 10.4 Å². The lowest BCUT2D eigenvalue weighted by atomic mass is 9.91. The third-order valence-electron chi connectivity index (χ3n) is 6.00. The summed E-state index contributed by atoms with van der Waals surface area (Å²) in [6, 6.07) is 3.57. The van der Waals surface area contributed by atoms with Gasteiger partial charge in [0.15, 0.2) is 10.8 Å². The van der Waals surface area contributed by atoms with Crippen LogP contribution >= 0.6 is 11.3 Å². The fraction of sp³-hybridized carbons (Fsp3) is 0.455. The second-order valence-corrected chi connectivity index (χ2v) is 10.1. The van der Waals surface area contributed by atoms with Crippen LogP contribution < -0.4 is 0 Å². The van der Waals surface area contributed by atoms with Gasteiger partial charge in [-0.15, -0.1) is 0 Å². The van der Waals surface area contributed by atoms with Crippen LogP contribution in [0.5, 0.6) is 0 Å². The Kier molecular flexibility index (Phi) is 4.29. The highest BCUT2D eigenvalue weighted by Crippen LogP contribution is 2.35. The van der Waals surface area contributed by atoms with Gasteiger partial charge in [0.25, 0.3) is 0 Å². The van der Waals surface area contributed by atoms with Crippen LogP contribution in [0.4, 0.5) is 4.39 Å². The van der Waals surface area contributed by atoms with E-state index < -0.39 is 0 Å². The number of hydrogen-bond donors (Lipinski definition) is 0. The summed E-state index contributed by atoms with van der Waals surface area (Å²) in [6.07, 6.45) is 8.38. The molecule has 0 saturated carbocycles. The molecule has 1 aliphatic heterocycles. The number of fused-ring (bicyclic) bond motifs is 2. The highest BCUT2D eigenvalue weighted by atomic mass is 32.1. The van der Waals surface area contributed by atoms with Gasteiger partial charge in [-0.2, -0.15) is 5.10 Å². The van der Waals surface area contributed by atoms with E-state index in [1.54, 1.807) is 22.1 Å². The van der Waals surface area contributed by atoms with Crippen LogP contribution in [0.15, 0.2) is 30.7 Å². The first-order chi connectivity index (χ1) is 13.8. The number of rotatable bonds is 2. The highest BCUT2D eigenvalue weighted by molar-refractivity contribution is 7.20. The first kappa shape index (κ1) is 18.8. The number of halogens is 1. The first-order valence-corrected chi connectivity index (χ1v) is 11.0. The summed E-state index contributed by atoms with van der Waals surface area (Å²) in [4.78, 5) is 9.46. The Labute approximate surface area is 173 Å². The molecule has 1 aromatic carbocycles. The molecule has 0 N–H and O–H groups in total. The maximum absolute atomic E-state index is 14.5. The zero-order valence-electron chi connectivity index (χ0n) is 17.3. The van der Waals surface area contributed by atoms with Crippen molar-refractivity contribution in [2.45, 2.75) is 45.1 Å². The Hall–Kier alpha value is -2.25. The average Bonchev–Trinajstić information content (AvgIpc) is 3.33. The molecule has 4 aromatic rings. The number of nitrogens with zero attached hydrogens (tertiary/aromatic N) is 5. The number of aromatic nitrogens is 4. The van der Waals surface area contributed by atoms with Crippen LogP contribution in [0.3, 0.4) is 0 Å². The monoisotopic (exact) mass is 411 g/mol. The van der Waals surface area contributed by atoms with E-state index in [-0.39, 0.29) is 11.4 Å². The number of imidazole rings is 1. The zero-order valence-corrected chi connectivity index (χ0v) is 18.1. The summed E-state index contributed by atoms with van der Waals surface area (Å²) in [7, 11) is 1.81. The molecule has 0 spiro atoms. The minimum Gasteiger partial charge on any atom is -0.298 e. The van der Waals surface area contributed by atoms with Crippen LogP contribution in [-0.2, 0) is 7.05 Å². The number of thiazole rings is 1. The van der Waals surface area contributed by atoms with Gasteiger partial charge in [-0.05, 0) is 64.4 Å². The molecule has 3 aromatic heterocycles. The molecular formula is C22H26FN5S. The van der Waals surface area contributed by atoms with Crippen molar-refractivity contribution in [3.63, 3.8) is 0 Å². The molecule has 0 radical (unpaired) electrons. The van der Waals surface area contributed by atoms with Crippen LogP contribution in [-0.4, -0.2) is 42.7 Å². The Balaban J connectivity index is 1.40. The average molecular weight is 412 g/mol. The van der Waals surface area contributed by atoms with E-state index in [0.717, 1.165) is 46.7 Å². The van der Waals surface area contributed by atoms with Gasteiger partial charge in [-0.3, -0.25) is 14.0 Å². The van der Waals surface area contributed by atoms with Crippen molar-refractivity contribution in [3.05, 3.63) is 42.2 Å².